The number of hydrogen-bond acceptors (Lipinski definition) is 2. The third kappa shape index (κ3) is 3.76. The molecule has 1 aromatic carbocycles. The summed E-state index contributed by atoms with van der Waals surface area (Å²) in [5.41, 5.74) is 1.30. The van der Waals surface area contributed by atoms with Crippen molar-refractivity contribution in [2.24, 2.45) is 5.92 Å². The van der Waals surface area contributed by atoms with Gasteiger partial charge in [0.25, 0.3) is 0 Å². The Morgan fingerprint density at radius 1 is 1.15 bits per heavy atom. The van der Waals surface area contributed by atoms with E-state index in [-0.39, 0.29) is 0 Å². The summed E-state index contributed by atoms with van der Waals surface area (Å²) in [4.78, 5) is 0. The summed E-state index contributed by atoms with van der Waals surface area (Å²) in [5.74, 6) is 1.97. The van der Waals surface area contributed by atoms with Crippen LogP contribution in [0.4, 0.5) is 0 Å². The molecule has 0 amide bonds. The lowest BCUT2D eigenvalue weighted by Gasteiger charge is -2.32. The van der Waals surface area contributed by atoms with Gasteiger partial charge in [-0.25, -0.2) is 0 Å². The highest BCUT2D eigenvalue weighted by atomic mass is 16.5. The van der Waals surface area contributed by atoms with Crippen LogP contribution < -0.4 is 10.1 Å². The lowest BCUT2D eigenvalue weighted by Crippen LogP contribution is -2.36. The van der Waals surface area contributed by atoms with E-state index in [1.807, 2.05) is 6.07 Å². The first kappa shape index (κ1) is 15.4. The average Bonchev–Trinajstić information content (AvgIpc) is 2.53. The predicted octanol–water partition coefficient (Wildman–Crippen LogP) is 4.70. The third-order valence-corrected chi connectivity index (χ3v) is 4.78. The van der Waals surface area contributed by atoms with Crippen molar-refractivity contribution in [2.45, 2.75) is 64.5 Å². The van der Waals surface area contributed by atoms with Gasteiger partial charge >= 0.3 is 0 Å². The third-order valence-electron chi connectivity index (χ3n) is 4.78. The maximum absolute atomic E-state index is 5.51. The van der Waals surface area contributed by atoms with Crippen molar-refractivity contribution in [3.63, 3.8) is 0 Å². The molecule has 112 valence electrons. The fourth-order valence-corrected chi connectivity index (χ4v) is 3.40. The fourth-order valence-electron chi connectivity index (χ4n) is 3.40. The van der Waals surface area contributed by atoms with Crippen LogP contribution in [-0.4, -0.2) is 13.2 Å². The maximum atomic E-state index is 5.51. The second-order valence-electron chi connectivity index (χ2n) is 6.00. The van der Waals surface area contributed by atoms with Gasteiger partial charge in [-0.05, 0) is 44.1 Å². The van der Waals surface area contributed by atoms with Gasteiger partial charge in [0.2, 0.25) is 0 Å². The van der Waals surface area contributed by atoms with Crippen molar-refractivity contribution in [1.82, 2.24) is 5.32 Å². The monoisotopic (exact) mass is 275 g/mol. The molecule has 0 saturated heterocycles. The van der Waals surface area contributed by atoms with Crippen LogP contribution in [0.1, 0.15) is 64.0 Å². The lowest BCUT2D eigenvalue weighted by atomic mass is 9.84. The Balaban J connectivity index is 1.99. The zero-order valence-electron chi connectivity index (χ0n) is 13.2. The molecule has 0 bridgehead atoms. The molecule has 0 heterocycles. The van der Waals surface area contributed by atoms with E-state index in [9.17, 15) is 0 Å². The Morgan fingerprint density at radius 3 is 2.45 bits per heavy atom. The molecular formula is C18H29NO. The summed E-state index contributed by atoms with van der Waals surface area (Å²) in [7, 11) is 1.76. The number of para-hydroxylation sites is 1. The van der Waals surface area contributed by atoms with Crippen LogP contribution >= 0.6 is 0 Å². The molecular weight excluding hydrogens is 246 g/mol. The molecule has 2 heteroatoms. The molecule has 0 aliphatic heterocycles. The van der Waals surface area contributed by atoms with E-state index < -0.39 is 0 Å². The molecule has 0 aromatic heterocycles. The number of rotatable bonds is 6. The average molecular weight is 275 g/mol. The SMILES string of the molecule is CCC1CCC(NC(CC)c2ccccc2OC)CC1. The van der Waals surface area contributed by atoms with Crippen molar-refractivity contribution < 1.29 is 4.74 Å². The summed E-state index contributed by atoms with van der Waals surface area (Å²) >= 11 is 0. The highest BCUT2D eigenvalue weighted by molar-refractivity contribution is 5.35. The molecule has 0 spiro atoms. The second kappa shape index (κ2) is 7.68. The standard InChI is InChI=1S/C18H29NO/c1-4-14-10-12-15(13-11-14)19-17(5-2)16-8-6-7-9-18(16)20-3/h6-9,14-15,17,19H,4-5,10-13H2,1-3H3. The second-order valence-corrected chi connectivity index (χ2v) is 6.00. The first-order valence-corrected chi connectivity index (χ1v) is 8.17. The van der Waals surface area contributed by atoms with Gasteiger partial charge in [0, 0.05) is 17.6 Å². The molecule has 1 N–H and O–H groups in total. The van der Waals surface area contributed by atoms with Gasteiger partial charge in [0.15, 0.2) is 0 Å². The Morgan fingerprint density at radius 2 is 1.85 bits per heavy atom. The van der Waals surface area contributed by atoms with E-state index in [0.717, 1.165) is 18.1 Å². The van der Waals surface area contributed by atoms with E-state index in [1.165, 1.54) is 37.7 Å². The Labute approximate surface area is 123 Å². The van der Waals surface area contributed by atoms with Gasteiger partial charge in [-0.1, -0.05) is 38.5 Å². The van der Waals surface area contributed by atoms with E-state index >= 15 is 0 Å². The minimum Gasteiger partial charge on any atom is -0.496 e. The summed E-state index contributed by atoms with van der Waals surface area (Å²) in [6.07, 6.45) is 7.87. The molecule has 1 fully saturated rings. The molecule has 0 radical (unpaired) electrons. The van der Waals surface area contributed by atoms with Crippen molar-refractivity contribution in [3.05, 3.63) is 29.8 Å². The summed E-state index contributed by atoms with van der Waals surface area (Å²) in [6, 6.07) is 9.49. The Kier molecular flexibility index (Phi) is 5.90. The molecule has 2 rings (SSSR count). The zero-order chi connectivity index (χ0) is 14.4. The minimum atomic E-state index is 0.411. The van der Waals surface area contributed by atoms with Crippen LogP contribution in [-0.2, 0) is 0 Å². The largest absolute Gasteiger partial charge is 0.496 e. The van der Waals surface area contributed by atoms with Crippen LogP contribution in [0.5, 0.6) is 5.75 Å². The summed E-state index contributed by atoms with van der Waals surface area (Å²) in [6.45, 7) is 4.57. The van der Waals surface area contributed by atoms with Crippen LogP contribution in [0.2, 0.25) is 0 Å². The number of methoxy groups -OCH3 is 1. The van der Waals surface area contributed by atoms with E-state index in [2.05, 4.69) is 37.4 Å². The maximum Gasteiger partial charge on any atom is 0.123 e. The zero-order valence-corrected chi connectivity index (χ0v) is 13.2. The van der Waals surface area contributed by atoms with Gasteiger partial charge in [-0.15, -0.1) is 0 Å². The van der Waals surface area contributed by atoms with Gasteiger partial charge < -0.3 is 10.1 Å². The molecule has 1 aliphatic carbocycles. The van der Waals surface area contributed by atoms with Crippen LogP contribution in [0.3, 0.4) is 0 Å². The van der Waals surface area contributed by atoms with Crippen molar-refractivity contribution >= 4 is 0 Å². The summed E-state index contributed by atoms with van der Waals surface area (Å²) in [5, 5.41) is 3.86. The van der Waals surface area contributed by atoms with Gasteiger partial charge in [0.05, 0.1) is 7.11 Å². The van der Waals surface area contributed by atoms with Crippen LogP contribution in [0.25, 0.3) is 0 Å². The smallest absolute Gasteiger partial charge is 0.123 e. The first-order valence-electron chi connectivity index (χ1n) is 8.17. The molecule has 20 heavy (non-hydrogen) atoms. The quantitative estimate of drug-likeness (QED) is 0.812. The van der Waals surface area contributed by atoms with E-state index in [0.29, 0.717) is 12.1 Å². The topological polar surface area (TPSA) is 21.3 Å². The van der Waals surface area contributed by atoms with Crippen molar-refractivity contribution in [1.29, 1.82) is 0 Å². The Hall–Kier alpha value is -1.02. The normalized spacial score (nSPS) is 24.4. The van der Waals surface area contributed by atoms with Gasteiger partial charge in [-0.3, -0.25) is 0 Å². The molecule has 1 saturated carbocycles. The van der Waals surface area contributed by atoms with Gasteiger partial charge in [-0.2, -0.15) is 0 Å². The summed E-state index contributed by atoms with van der Waals surface area (Å²) < 4.78 is 5.51. The first-order chi connectivity index (χ1) is 9.78. The van der Waals surface area contributed by atoms with Crippen molar-refractivity contribution in [3.8, 4) is 5.75 Å². The highest BCUT2D eigenvalue weighted by Gasteiger charge is 2.23. The fraction of sp³-hybridized carbons (Fsp3) is 0.667. The Bertz CT molecular complexity index is 396. The van der Waals surface area contributed by atoms with Crippen LogP contribution in [0.15, 0.2) is 24.3 Å². The number of nitrogens with one attached hydrogen (secondary N) is 1. The van der Waals surface area contributed by atoms with Crippen LogP contribution in [0, 0.1) is 5.92 Å². The lowest BCUT2D eigenvalue weighted by molar-refractivity contribution is 0.265. The molecule has 1 atom stereocenters. The van der Waals surface area contributed by atoms with Crippen molar-refractivity contribution in [2.75, 3.05) is 7.11 Å². The molecule has 1 aliphatic rings. The minimum absolute atomic E-state index is 0.411. The molecule has 2 nitrogen and oxygen atoms in total. The predicted molar refractivity (Wildman–Crippen MR) is 85.2 cm³/mol. The highest BCUT2D eigenvalue weighted by Crippen LogP contribution is 2.31. The van der Waals surface area contributed by atoms with Gasteiger partial charge in [0.1, 0.15) is 5.75 Å². The molecule has 1 unspecified atom stereocenters. The number of ether oxygens (including phenoxy) is 1. The number of benzene rings is 1. The number of hydrogen-bond donors (Lipinski definition) is 1. The molecule has 1 aromatic rings. The van der Waals surface area contributed by atoms with E-state index in [1.54, 1.807) is 7.11 Å². The van der Waals surface area contributed by atoms with E-state index in [4.69, 9.17) is 4.74 Å².